The Morgan fingerprint density at radius 1 is 1.11 bits per heavy atom. The Balaban J connectivity index is 1.63. The SMILES string of the molecule is O=C(CCC(F)(F)F)Nc1c(F)cc(N2CCO[C@@H](c3ccc(OC(F)(F)F)cc3)CC2)cc1Cl. The van der Waals surface area contributed by atoms with E-state index in [9.17, 15) is 35.5 Å². The number of carbonyl (C=O) groups excluding carboxylic acids is 1. The van der Waals surface area contributed by atoms with Gasteiger partial charge >= 0.3 is 12.5 Å². The third-order valence-corrected chi connectivity index (χ3v) is 5.42. The molecule has 1 fully saturated rings. The molecule has 0 aliphatic carbocycles. The molecule has 0 saturated carbocycles. The molecule has 2 aromatic rings. The topological polar surface area (TPSA) is 50.8 Å². The smallest absolute Gasteiger partial charge is 0.406 e. The molecule has 0 unspecified atom stereocenters. The lowest BCUT2D eigenvalue weighted by atomic mass is 10.1. The van der Waals surface area contributed by atoms with Gasteiger partial charge in [0.25, 0.3) is 0 Å². The van der Waals surface area contributed by atoms with Gasteiger partial charge in [-0.05, 0) is 36.2 Å². The first-order chi connectivity index (χ1) is 16.3. The third kappa shape index (κ3) is 8.17. The van der Waals surface area contributed by atoms with Crippen LogP contribution in [0, 0.1) is 5.82 Å². The number of rotatable bonds is 6. The summed E-state index contributed by atoms with van der Waals surface area (Å²) in [5, 5.41) is 1.89. The molecule has 1 N–H and O–H groups in total. The Kier molecular flexibility index (Phi) is 8.37. The van der Waals surface area contributed by atoms with E-state index in [1.165, 1.54) is 30.3 Å². The van der Waals surface area contributed by atoms with Crippen molar-refractivity contribution in [1.29, 1.82) is 0 Å². The normalized spacial score (nSPS) is 17.1. The number of alkyl halides is 6. The van der Waals surface area contributed by atoms with Gasteiger partial charge in [0.2, 0.25) is 5.91 Å². The van der Waals surface area contributed by atoms with Crippen molar-refractivity contribution in [2.45, 2.75) is 37.9 Å². The van der Waals surface area contributed by atoms with E-state index >= 15 is 0 Å². The average Bonchev–Trinajstić information content (AvgIpc) is 3.00. The zero-order chi connectivity index (χ0) is 25.8. The highest BCUT2D eigenvalue weighted by Crippen LogP contribution is 2.34. The van der Waals surface area contributed by atoms with E-state index in [0.717, 1.165) is 6.07 Å². The summed E-state index contributed by atoms with van der Waals surface area (Å²) >= 11 is 6.09. The number of halogens is 8. The fourth-order valence-corrected chi connectivity index (χ4v) is 3.75. The molecule has 1 amide bonds. The van der Waals surface area contributed by atoms with Crippen molar-refractivity contribution in [2.24, 2.45) is 0 Å². The van der Waals surface area contributed by atoms with Crippen LogP contribution in [0.5, 0.6) is 5.75 Å². The fourth-order valence-electron chi connectivity index (χ4n) is 3.50. The molecule has 3 rings (SSSR count). The Morgan fingerprint density at radius 3 is 2.40 bits per heavy atom. The lowest BCUT2D eigenvalue weighted by Crippen LogP contribution is -2.26. The minimum absolute atomic E-state index is 0.178. The van der Waals surface area contributed by atoms with E-state index < -0.39 is 48.9 Å². The Morgan fingerprint density at radius 2 is 1.80 bits per heavy atom. The fraction of sp³-hybridized carbons (Fsp3) is 0.409. The van der Waals surface area contributed by atoms with Crippen molar-refractivity contribution >= 4 is 28.9 Å². The molecule has 35 heavy (non-hydrogen) atoms. The van der Waals surface area contributed by atoms with Gasteiger partial charge in [-0.1, -0.05) is 23.7 Å². The third-order valence-electron chi connectivity index (χ3n) is 5.12. The van der Waals surface area contributed by atoms with Crippen LogP contribution in [0.2, 0.25) is 5.02 Å². The van der Waals surface area contributed by atoms with Crippen LogP contribution in [0.25, 0.3) is 0 Å². The van der Waals surface area contributed by atoms with E-state index in [-0.39, 0.29) is 17.4 Å². The van der Waals surface area contributed by atoms with Gasteiger partial charge in [-0.25, -0.2) is 4.39 Å². The minimum atomic E-state index is -4.79. The summed E-state index contributed by atoms with van der Waals surface area (Å²) in [7, 11) is 0. The second kappa shape index (κ2) is 10.9. The van der Waals surface area contributed by atoms with Gasteiger partial charge in [-0.15, -0.1) is 13.2 Å². The number of benzene rings is 2. The summed E-state index contributed by atoms with van der Waals surface area (Å²) in [5.41, 5.74) is 0.606. The number of anilines is 2. The van der Waals surface area contributed by atoms with Crippen LogP contribution in [0.3, 0.4) is 0 Å². The van der Waals surface area contributed by atoms with Crippen LogP contribution < -0.4 is 15.0 Å². The van der Waals surface area contributed by atoms with Gasteiger partial charge in [0.05, 0.1) is 29.8 Å². The number of nitrogens with zero attached hydrogens (tertiary/aromatic N) is 1. The molecular weight excluding hydrogens is 509 g/mol. The highest BCUT2D eigenvalue weighted by molar-refractivity contribution is 6.34. The van der Waals surface area contributed by atoms with Gasteiger partial charge in [0, 0.05) is 25.2 Å². The Bertz CT molecular complexity index is 1010. The Hall–Kier alpha value is -2.73. The molecule has 0 bridgehead atoms. The van der Waals surface area contributed by atoms with Crippen molar-refractivity contribution in [3.8, 4) is 5.75 Å². The summed E-state index contributed by atoms with van der Waals surface area (Å²) in [4.78, 5) is 13.5. The maximum Gasteiger partial charge on any atom is 0.573 e. The molecule has 5 nitrogen and oxygen atoms in total. The molecule has 13 heteroatoms. The molecule has 0 radical (unpaired) electrons. The average molecular weight is 529 g/mol. The molecule has 1 saturated heterocycles. The van der Waals surface area contributed by atoms with E-state index in [1.807, 2.05) is 0 Å². The largest absolute Gasteiger partial charge is 0.573 e. The van der Waals surface area contributed by atoms with Crippen LogP contribution in [0.1, 0.15) is 30.9 Å². The number of carbonyl (C=O) groups is 1. The van der Waals surface area contributed by atoms with Gasteiger partial charge in [-0.3, -0.25) is 4.79 Å². The molecule has 1 aliphatic heterocycles. The summed E-state index contributed by atoms with van der Waals surface area (Å²) < 4.78 is 98.1. The monoisotopic (exact) mass is 528 g/mol. The number of nitrogens with one attached hydrogen (secondary N) is 1. The highest BCUT2D eigenvalue weighted by atomic mass is 35.5. The van der Waals surface area contributed by atoms with E-state index in [1.54, 1.807) is 4.90 Å². The Labute approximate surface area is 200 Å². The van der Waals surface area contributed by atoms with E-state index in [0.29, 0.717) is 30.8 Å². The van der Waals surface area contributed by atoms with Crippen molar-refractivity contribution in [2.75, 3.05) is 29.9 Å². The molecule has 0 aromatic heterocycles. The van der Waals surface area contributed by atoms with Crippen LogP contribution in [0.4, 0.5) is 42.1 Å². The molecule has 192 valence electrons. The van der Waals surface area contributed by atoms with Gasteiger partial charge in [0.15, 0.2) is 0 Å². The quantitative estimate of drug-likeness (QED) is 0.428. The summed E-state index contributed by atoms with van der Waals surface area (Å²) in [5.74, 6) is -2.28. The van der Waals surface area contributed by atoms with Crippen molar-refractivity contribution < 1.29 is 45.0 Å². The first-order valence-electron chi connectivity index (χ1n) is 10.4. The molecule has 0 spiro atoms. The van der Waals surface area contributed by atoms with Crippen molar-refractivity contribution in [3.05, 3.63) is 52.8 Å². The maximum atomic E-state index is 14.6. The molecule has 1 heterocycles. The van der Waals surface area contributed by atoms with Crippen LogP contribution in [-0.2, 0) is 9.53 Å². The molecule has 1 aliphatic rings. The minimum Gasteiger partial charge on any atom is -0.406 e. The van der Waals surface area contributed by atoms with Crippen LogP contribution in [0.15, 0.2) is 36.4 Å². The van der Waals surface area contributed by atoms with Crippen LogP contribution in [-0.4, -0.2) is 38.1 Å². The number of amides is 1. The summed E-state index contributed by atoms with van der Waals surface area (Å²) in [6.45, 7) is 0.956. The summed E-state index contributed by atoms with van der Waals surface area (Å²) in [6.07, 6.45) is -11.5. The predicted molar refractivity (Wildman–Crippen MR) is 114 cm³/mol. The lowest BCUT2D eigenvalue weighted by molar-refractivity contribution is -0.274. The van der Waals surface area contributed by atoms with Gasteiger partial charge < -0.3 is 19.7 Å². The first kappa shape index (κ1) is 26.9. The van der Waals surface area contributed by atoms with Crippen LogP contribution >= 0.6 is 11.6 Å². The number of ether oxygens (including phenoxy) is 2. The molecular formula is C22H20ClF7N2O3. The zero-order valence-corrected chi connectivity index (χ0v) is 18.7. The molecule has 2 aromatic carbocycles. The second-order valence-corrected chi connectivity index (χ2v) is 8.11. The van der Waals surface area contributed by atoms with E-state index in [4.69, 9.17) is 16.3 Å². The van der Waals surface area contributed by atoms with Gasteiger partial charge in [0.1, 0.15) is 11.6 Å². The predicted octanol–water partition coefficient (Wildman–Crippen LogP) is 6.63. The van der Waals surface area contributed by atoms with Crippen molar-refractivity contribution in [1.82, 2.24) is 0 Å². The second-order valence-electron chi connectivity index (χ2n) is 7.70. The molecule has 1 atom stereocenters. The number of hydrogen-bond donors (Lipinski definition) is 1. The van der Waals surface area contributed by atoms with E-state index in [2.05, 4.69) is 10.1 Å². The zero-order valence-electron chi connectivity index (χ0n) is 18.0. The van der Waals surface area contributed by atoms with Crippen molar-refractivity contribution in [3.63, 3.8) is 0 Å². The maximum absolute atomic E-state index is 14.6. The summed E-state index contributed by atoms with van der Waals surface area (Å²) in [6, 6.07) is 7.79. The standard InChI is InChI=1S/C22H20ClF7N2O3/c23-16-11-14(12-17(24)20(16)31-19(33)5-7-21(25,26)27)32-8-6-18(34-10-9-32)13-1-3-15(4-2-13)35-22(28,29)30/h1-4,11-12,18H,5-10H2,(H,31,33)/t18-/m1/s1. The number of hydrogen-bond acceptors (Lipinski definition) is 4. The first-order valence-corrected chi connectivity index (χ1v) is 10.8. The van der Waals surface area contributed by atoms with Gasteiger partial charge in [-0.2, -0.15) is 13.2 Å². The lowest BCUT2D eigenvalue weighted by Gasteiger charge is -2.23. The highest BCUT2D eigenvalue weighted by Gasteiger charge is 2.31.